The second kappa shape index (κ2) is 7.49. The fraction of sp³-hybridized carbons (Fsp3) is 0.176. The van der Waals surface area contributed by atoms with E-state index in [1.165, 1.54) is 11.0 Å². The van der Waals surface area contributed by atoms with Crippen molar-refractivity contribution in [1.82, 2.24) is 4.90 Å². The summed E-state index contributed by atoms with van der Waals surface area (Å²) in [5, 5.41) is 2.00. The average molecular weight is 318 g/mol. The SMILES string of the molecule is CCN(Cc1ccccc1)C(=O)C(=O)Nc1c(F)cccc1F. The molecular weight excluding hydrogens is 302 g/mol. The first-order valence-corrected chi connectivity index (χ1v) is 7.11. The third kappa shape index (κ3) is 4.12. The molecule has 0 bridgehead atoms. The number of para-hydroxylation sites is 1. The summed E-state index contributed by atoms with van der Waals surface area (Å²) in [4.78, 5) is 25.4. The van der Waals surface area contributed by atoms with E-state index in [-0.39, 0.29) is 6.54 Å². The molecule has 0 saturated carbocycles. The molecule has 2 aromatic rings. The van der Waals surface area contributed by atoms with Crippen molar-refractivity contribution in [2.75, 3.05) is 11.9 Å². The van der Waals surface area contributed by atoms with Crippen molar-refractivity contribution in [1.29, 1.82) is 0 Å². The van der Waals surface area contributed by atoms with Crippen LogP contribution in [-0.4, -0.2) is 23.3 Å². The summed E-state index contributed by atoms with van der Waals surface area (Å²) < 4.78 is 27.0. The molecular formula is C17H16F2N2O2. The lowest BCUT2D eigenvalue weighted by Crippen LogP contribution is -2.39. The highest BCUT2D eigenvalue weighted by molar-refractivity contribution is 6.39. The monoisotopic (exact) mass is 318 g/mol. The third-order valence-corrected chi connectivity index (χ3v) is 3.28. The smallest absolute Gasteiger partial charge is 0.314 e. The van der Waals surface area contributed by atoms with Crippen LogP contribution >= 0.6 is 0 Å². The van der Waals surface area contributed by atoms with E-state index in [0.717, 1.165) is 17.7 Å². The Labute approximate surface area is 132 Å². The lowest BCUT2D eigenvalue weighted by atomic mass is 10.2. The minimum absolute atomic E-state index is 0.239. The van der Waals surface area contributed by atoms with Crippen molar-refractivity contribution in [3.63, 3.8) is 0 Å². The predicted octanol–water partition coefficient (Wildman–Crippen LogP) is 2.95. The molecule has 23 heavy (non-hydrogen) atoms. The molecule has 2 amide bonds. The molecule has 0 heterocycles. The quantitative estimate of drug-likeness (QED) is 0.881. The van der Waals surface area contributed by atoms with E-state index >= 15 is 0 Å². The number of benzene rings is 2. The van der Waals surface area contributed by atoms with Crippen LogP contribution < -0.4 is 5.32 Å². The zero-order valence-corrected chi connectivity index (χ0v) is 12.6. The van der Waals surface area contributed by atoms with Crippen molar-refractivity contribution >= 4 is 17.5 Å². The van der Waals surface area contributed by atoms with Gasteiger partial charge in [-0.1, -0.05) is 36.4 Å². The average Bonchev–Trinajstić information content (AvgIpc) is 2.56. The first-order valence-electron chi connectivity index (χ1n) is 7.11. The Kier molecular flexibility index (Phi) is 5.41. The zero-order chi connectivity index (χ0) is 16.8. The molecule has 0 spiro atoms. The van der Waals surface area contributed by atoms with Gasteiger partial charge in [-0.2, -0.15) is 0 Å². The molecule has 0 aromatic heterocycles. The maximum absolute atomic E-state index is 13.5. The van der Waals surface area contributed by atoms with Gasteiger partial charge in [0.15, 0.2) is 0 Å². The van der Waals surface area contributed by atoms with Crippen molar-refractivity contribution < 1.29 is 18.4 Å². The molecule has 0 aliphatic heterocycles. The van der Waals surface area contributed by atoms with Gasteiger partial charge in [0, 0.05) is 13.1 Å². The van der Waals surface area contributed by atoms with E-state index in [4.69, 9.17) is 0 Å². The highest BCUT2D eigenvalue weighted by Crippen LogP contribution is 2.18. The van der Waals surface area contributed by atoms with E-state index in [0.29, 0.717) is 6.54 Å². The molecule has 0 saturated heterocycles. The Morgan fingerprint density at radius 2 is 1.61 bits per heavy atom. The van der Waals surface area contributed by atoms with E-state index in [1.54, 1.807) is 6.92 Å². The van der Waals surface area contributed by atoms with Crippen LogP contribution in [0.2, 0.25) is 0 Å². The van der Waals surface area contributed by atoms with Crippen molar-refractivity contribution in [2.45, 2.75) is 13.5 Å². The van der Waals surface area contributed by atoms with Crippen LogP contribution in [0.4, 0.5) is 14.5 Å². The number of likely N-dealkylation sites (N-methyl/N-ethyl adjacent to an activating group) is 1. The number of hydrogen-bond acceptors (Lipinski definition) is 2. The van der Waals surface area contributed by atoms with Crippen LogP contribution in [0.5, 0.6) is 0 Å². The molecule has 0 aliphatic rings. The Hall–Kier alpha value is -2.76. The van der Waals surface area contributed by atoms with Gasteiger partial charge in [-0.05, 0) is 24.6 Å². The van der Waals surface area contributed by atoms with Crippen LogP contribution in [0, 0.1) is 11.6 Å². The lowest BCUT2D eigenvalue weighted by molar-refractivity contribution is -0.143. The largest absolute Gasteiger partial charge is 0.330 e. The first-order chi connectivity index (χ1) is 11.0. The van der Waals surface area contributed by atoms with Crippen LogP contribution in [0.15, 0.2) is 48.5 Å². The van der Waals surface area contributed by atoms with Crippen LogP contribution in [-0.2, 0) is 16.1 Å². The second-order valence-corrected chi connectivity index (χ2v) is 4.86. The summed E-state index contributed by atoms with van der Waals surface area (Å²) in [6, 6.07) is 12.3. The first kappa shape index (κ1) is 16.6. The number of halogens is 2. The van der Waals surface area contributed by atoms with Gasteiger partial charge >= 0.3 is 11.8 Å². The summed E-state index contributed by atoms with van der Waals surface area (Å²) in [6.45, 7) is 2.25. The van der Waals surface area contributed by atoms with E-state index in [1.807, 2.05) is 35.6 Å². The van der Waals surface area contributed by atoms with E-state index < -0.39 is 29.1 Å². The summed E-state index contributed by atoms with van der Waals surface area (Å²) in [5.41, 5.74) is 0.231. The van der Waals surface area contributed by atoms with Crippen molar-refractivity contribution in [3.05, 3.63) is 65.7 Å². The van der Waals surface area contributed by atoms with E-state index in [9.17, 15) is 18.4 Å². The van der Waals surface area contributed by atoms with Gasteiger partial charge in [0.1, 0.15) is 17.3 Å². The Bertz CT molecular complexity index is 685. The van der Waals surface area contributed by atoms with Gasteiger partial charge in [-0.3, -0.25) is 9.59 Å². The highest BCUT2D eigenvalue weighted by Gasteiger charge is 2.23. The highest BCUT2D eigenvalue weighted by atomic mass is 19.1. The summed E-state index contributed by atoms with van der Waals surface area (Å²) in [5.74, 6) is -3.79. The van der Waals surface area contributed by atoms with Crippen LogP contribution in [0.1, 0.15) is 12.5 Å². The summed E-state index contributed by atoms with van der Waals surface area (Å²) >= 11 is 0. The van der Waals surface area contributed by atoms with Gasteiger partial charge in [-0.15, -0.1) is 0 Å². The lowest BCUT2D eigenvalue weighted by Gasteiger charge is -2.20. The topological polar surface area (TPSA) is 49.4 Å². The number of carbonyl (C=O) groups is 2. The number of nitrogens with one attached hydrogen (secondary N) is 1. The number of carbonyl (C=O) groups excluding carboxylic acids is 2. The maximum atomic E-state index is 13.5. The maximum Gasteiger partial charge on any atom is 0.314 e. The minimum Gasteiger partial charge on any atom is -0.330 e. The molecule has 1 N–H and O–H groups in total. The molecule has 0 unspecified atom stereocenters. The minimum atomic E-state index is -1.08. The molecule has 0 fully saturated rings. The molecule has 0 aliphatic carbocycles. The third-order valence-electron chi connectivity index (χ3n) is 3.28. The standard InChI is InChI=1S/C17H16F2N2O2/c1-2-21(11-12-7-4-3-5-8-12)17(23)16(22)20-15-13(18)9-6-10-14(15)19/h3-10H,2,11H2,1H3,(H,20,22). The Morgan fingerprint density at radius 1 is 1.00 bits per heavy atom. The number of nitrogens with zero attached hydrogens (tertiary/aromatic N) is 1. The molecule has 6 heteroatoms. The van der Waals surface area contributed by atoms with Crippen molar-refractivity contribution in [3.8, 4) is 0 Å². The molecule has 0 radical (unpaired) electrons. The summed E-state index contributed by atoms with van der Waals surface area (Å²) in [6.07, 6.45) is 0. The fourth-order valence-electron chi connectivity index (χ4n) is 2.06. The van der Waals surface area contributed by atoms with Gasteiger partial charge in [0.2, 0.25) is 0 Å². The zero-order valence-electron chi connectivity index (χ0n) is 12.6. The number of hydrogen-bond donors (Lipinski definition) is 1. The fourth-order valence-corrected chi connectivity index (χ4v) is 2.06. The molecule has 120 valence electrons. The van der Waals surface area contributed by atoms with Crippen LogP contribution in [0.25, 0.3) is 0 Å². The number of anilines is 1. The second-order valence-electron chi connectivity index (χ2n) is 4.86. The van der Waals surface area contributed by atoms with Crippen LogP contribution in [0.3, 0.4) is 0 Å². The molecule has 2 rings (SSSR count). The normalized spacial score (nSPS) is 10.2. The molecule has 4 nitrogen and oxygen atoms in total. The molecule has 2 aromatic carbocycles. The van der Waals surface area contributed by atoms with Gasteiger partial charge < -0.3 is 10.2 Å². The number of rotatable bonds is 4. The van der Waals surface area contributed by atoms with E-state index in [2.05, 4.69) is 0 Å². The van der Waals surface area contributed by atoms with Gasteiger partial charge in [-0.25, -0.2) is 8.78 Å². The van der Waals surface area contributed by atoms with Crippen molar-refractivity contribution in [2.24, 2.45) is 0 Å². The Balaban J connectivity index is 2.10. The number of amides is 2. The molecule has 0 atom stereocenters. The Morgan fingerprint density at radius 3 is 2.17 bits per heavy atom. The summed E-state index contributed by atoms with van der Waals surface area (Å²) in [7, 11) is 0. The predicted molar refractivity (Wildman–Crippen MR) is 82.5 cm³/mol. The van der Waals surface area contributed by atoms with Gasteiger partial charge in [0.25, 0.3) is 0 Å². The van der Waals surface area contributed by atoms with Gasteiger partial charge in [0.05, 0.1) is 0 Å².